The third-order valence-corrected chi connectivity index (χ3v) is 5.14. The van der Waals surface area contributed by atoms with Crippen LogP contribution in [0.15, 0.2) is 47.1 Å². The Bertz CT molecular complexity index is 979. The van der Waals surface area contributed by atoms with Crippen molar-refractivity contribution < 1.29 is 9.32 Å². The normalized spacial score (nSPS) is 16.9. The molecule has 0 spiro atoms. The summed E-state index contributed by atoms with van der Waals surface area (Å²) in [4.78, 5) is 19.4. The first-order valence-electron chi connectivity index (χ1n) is 9.71. The van der Waals surface area contributed by atoms with E-state index < -0.39 is 0 Å². The van der Waals surface area contributed by atoms with E-state index in [0.29, 0.717) is 23.8 Å². The minimum atomic E-state index is 0.0491. The number of hydrogen-bond donors (Lipinski definition) is 0. The highest BCUT2D eigenvalue weighted by Gasteiger charge is 2.28. The van der Waals surface area contributed by atoms with E-state index in [0.717, 1.165) is 18.5 Å². The molecule has 1 amide bonds. The first kappa shape index (κ1) is 18.5. The summed E-state index contributed by atoms with van der Waals surface area (Å²) in [6.07, 6.45) is 2.80. The van der Waals surface area contributed by atoms with Gasteiger partial charge in [0.05, 0.1) is 6.04 Å². The second kappa shape index (κ2) is 6.93. The number of nitrogens with zero attached hydrogens (tertiary/aromatic N) is 4. The molecule has 146 valence electrons. The fourth-order valence-electron chi connectivity index (χ4n) is 3.68. The van der Waals surface area contributed by atoms with Crippen molar-refractivity contribution in [3.63, 3.8) is 0 Å². The van der Waals surface area contributed by atoms with Gasteiger partial charge < -0.3 is 14.0 Å². The summed E-state index contributed by atoms with van der Waals surface area (Å²) in [5, 5.41) is 4.08. The summed E-state index contributed by atoms with van der Waals surface area (Å²) < 4.78 is 7.58. The monoisotopic (exact) mass is 378 g/mol. The zero-order valence-electron chi connectivity index (χ0n) is 16.8. The zero-order valence-corrected chi connectivity index (χ0v) is 16.8. The van der Waals surface area contributed by atoms with Gasteiger partial charge in [-0.05, 0) is 36.6 Å². The molecule has 4 rings (SSSR count). The average Bonchev–Trinajstić information content (AvgIpc) is 3.30. The first-order valence-corrected chi connectivity index (χ1v) is 9.71. The van der Waals surface area contributed by atoms with E-state index in [9.17, 15) is 4.79 Å². The first-order chi connectivity index (χ1) is 13.3. The second-order valence-corrected chi connectivity index (χ2v) is 8.63. The van der Waals surface area contributed by atoms with Gasteiger partial charge in [0.2, 0.25) is 11.7 Å². The Morgan fingerprint density at radius 2 is 1.93 bits per heavy atom. The average molecular weight is 378 g/mol. The molecular weight excluding hydrogens is 352 g/mol. The Kier molecular flexibility index (Phi) is 4.57. The highest BCUT2D eigenvalue weighted by molar-refractivity contribution is 5.95. The zero-order chi connectivity index (χ0) is 19.9. The summed E-state index contributed by atoms with van der Waals surface area (Å²) in [5.41, 5.74) is 2.79. The molecule has 6 heteroatoms. The van der Waals surface area contributed by atoms with E-state index >= 15 is 0 Å². The maximum Gasteiger partial charge on any atom is 0.254 e. The van der Waals surface area contributed by atoms with Gasteiger partial charge in [-0.2, -0.15) is 4.98 Å². The smallest absolute Gasteiger partial charge is 0.254 e. The number of carbonyl (C=O) groups excluding carboxylic acids is 1. The van der Waals surface area contributed by atoms with Crippen LogP contribution in [0.1, 0.15) is 55.7 Å². The van der Waals surface area contributed by atoms with Crippen LogP contribution in [-0.4, -0.2) is 32.1 Å². The summed E-state index contributed by atoms with van der Waals surface area (Å²) >= 11 is 0. The Morgan fingerprint density at radius 3 is 2.64 bits per heavy atom. The van der Waals surface area contributed by atoms with Crippen molar-refractivity contribution in [2.45, 2.75) is 46.7 Å². The van der Waals surface area contributed by atoms with Crippen LogP contribution in [0.3, 0.4) is 0 Å². The Balaban J connectivity index is 1.50. The third-order valence-electron chi connectivity index (χ3n) is 5.14. The molecule has 0 radical (unpaired) electrons. The largest absolute Gasteiger partial charge is 0.348 e. The van der Waals surface area contributed by atoms with Gasteiger partial charge >= 0.3 is 0 Å². The Morgan fingerprint density at radius 1 is 1.18 bits per heavy atom. The Labute approximate surface area is 165 Å². The van der Waals surface area contributed by atoms with Crippen LogP contribution in [-0.2, 0) is 13.0 Å². The lowest BCUT2D eigenvalue weighted by Gasteiger charge is -2.35. The lowest BCUT2D eigenvalue weighted by molar-refractivity contribution is 0.0644. The van der Waals surface area contributed by atoms with Crippen molar-refractivity contribution in [2.75, 3.05) is 6.54 Å². The molecule has 6 nitrogen and oxygen atoms in total. The minimum Gasteiger partial charge on any atom is -0.348 e. The van der Waals surface area contributed by atoms with Crippen LogP contribution < -0.4 is 0 Å². The molecule has 28 heavy (non-hydrogen) atoms. The van der Waals surface area contributed by atoms with Crippen LogP contribution in [0, 0.1) is 5.41 Å². The predicted octanol–water partition coefficient (Wildman–Crippen LogP) is 4.34. The molecule has 2 aromatic heterocycles. The van der Waals surface area contributed by atoms with Crippen molar-refractivity contribution in [1.82, 2.24) is 19.6 Å². The number of amides is 1. The topological polar surface area (TPSA) is 64.2 Å². The predicted molar refractivity (Wildman–Crippen MR) is 107 cm³/mol. The molecule has 1 aromatic carbocycles. The van der Waals surface area contributed by atoms with Crippen molar-refractivity contribution >= 4 is 5.91 Å². The van der Waals surface area contributed by atoms with Gasteiger partial charge in [0.15, 0.2) is 0 Å². The van der Waals surface area contributed by atoms with Gasteiger partial charge in [-0.25, -0.2) is 0 Å². The molecule has 1 aliphatic heterocycles. The van der Waals surface area contributed by atoms with E-state index in [2.05, 4.69) is 54.7 Å². The highest BCUT2D eigenvalue weighted by Crippen LogP contribution is 2.28. The van der Waals surface area contributed by atoms with Crippen molar-refractivity contribution in [2.24, 2.45) is 5.41 Å². The fraction of sp³-hybridized carbons (Fsp3) is 0.409. The summed E-state index contributed by atoms with van der Waals surface area (Å²) in [6.45, 7) is 10.0. The van der Waals surface area contributed by atoms with Gasteiger partial charge in [-0.1, -0.05) is 38.1 Å². The van der Waals surface area contributed by atoms with Crippen LogP contribution in [0.2, 0.25) is 0 Å². The molecule has 0 aliphatic carbocycles. The number of rotatable bonds is 3. The summed E-state index contributed by atoms with van der Waals surface area (Å²) in [5.74, 6) is 1.24. The van der Waals surface area contributed by atoms with Gasteiger partial charge in [-0.15, -0.1) is 0 Å². The fourth-order valence-corrected chi connectivity index (χ4v) is 3.68. The van der Waals surface area contributed by atoms with E-state index in [1.165, 1.54) is 5.69 Å². The van der Waals surface area contributed by atoms with Gasteiger partial charge in [-0.3, -0.25) is 4.79 Å². The molecule has 0 saturated heterocycles. The van der Waals surface area contributed by atoms with Crippen LogP contribution in [0.4, 0.5) is 0 Å². The quantitative estimate of drug-likeness (QED) is 0.680. The van der Waals surface area contributed by atoms with E-state index in [-0.39, 0.29) is 17.4 Å². The molecular formula is C22H26N4O2. The molecule has 3 aromatic rings. The Hall–Kier alpha value is -2.89. The van der Waals surface area contributed by atoms with Gasteiger partial charge in [0.25, 0.3) is 5.91 Å². The van der Waals surface area contributed by atoms with E-state index in [1.54, 1.807) is 0 Å². The maximum atomic E-state index is 13.0. The number of aromatic nitrogens is 3. The van der Waals surface area contributed by atoms with Crippen molar-refractivity contribution in [3.05, 3.63) is 59.7 Å². The van der Waals surface area contributed by atoms with Crippen LogP contribution in [0.25, 0.3) is 11.4 Å². The lowest BCUT2D eigenvalue weighted by atomic mass is 9.92. The van der Waals surface area contributed by atoms with Crippen molar-refractivity contribution in [1.29, 1.82) is 0 Å². The molecule has 0 bridgehead atoms. The minimum absolute atomic E-state index is 0.0491. The second-order valence-electron chi connectivity index (χ2n) is 8.63. The SMILES string of the molecule is CC1c2cccn2CCN1C(=O)c1ccc(-c2noc(CC(C)(C)C)n2)cc1. The number of benzene rings is 1. The third kappa shape index (κ3) is 3.59. The van der Waals surface area contributed by atoms with Crippen molar-refractivity contribution in [3.8, 4) is 11.4 Å². The molecule has 1 aliphatic rings. The number of fused-ring (bicyclic) bond motifs is 1. The standard InChI is InChI=1S/C22H26N4O2/c1-15-18-6-5-11-25(18)12-13-26(15)21(27)17-9-7-16(8-10-17)20-23-19(28-24-20)14-22(2,3)4/h5-11,15H,12-14H2,1-4H3. The molecule has 1 unspecified atom stereocenters. The maximum absolute atomic E-state index is 13.0. The van der Waals surface area contributed by atoms with Gasteiger partial charge in [0, 0.05) is 42.5 Å². The van der Waals surface area contributed by atoms with E-state index in [4.69, 9.17) is 4.52 Å². The lowest BCUT2D eigenvalue weighted by Crippen LogP contribution is -2.40. The van der Waals surface area contributed by atoms with E-state index in [1.807, 2.05) is 35.2 Å². The van der Waals surface area contributed by atoms with Crippen LogP contribution >= 0.6 is 0 Å². The number of hydrogen-bond acceptors (Lipinski definition) is 4. The number of carbonyl (C=O) groups is 1. The molecule has 0 saturated carbocycles. The highest BCUT2D eigenvalue weighted by atomic mass is 16.5. The van der Waals surface area contributed by atoms with Gasteiger partial charge in [0.1, 0.15) is 0 Å². The summed E-state index contributed by atoms with van der Waals surface area (Å²) in [6, 6.07) is 11.6. The molecule has 1 atom stereocenters. The van der Waals surface area contributed by atoms with Crippen LogP contribution in [0.5, 0.6) is 0 Å². The molecule has 3 heterocycles. The summed E-state index contributed by atoms with van der Waals surface area (Å²) in [7, 11) is 0. The molecule has 0 fully saturated rings. The molecule has 0 N–H and O–H groups in total.